The lowest BCUT2D eigenvalue weighted by Crippen LogP contribution is -2.26. The van der Waals surface area contributed by atoms with Crippen molar-refractivity contribution < 1.29 is 13.9 Å². The highest BCUT2D eigenvalue weighted by Gasteiger charge is 2.11. The lowest BCUT2D eigenvalue weighted by atomic mass is 10.1. The minimum Gasteiger partial charge on any atom is -0.487 e. The first-order chi connectivity index (χ1) is 11.6. The van der Waals surface area contributed by atoms with Crippen molar-refractivity contribution in [2.24, 2.45) is 5.73 Å². The van der Waals surface area contributed by atoms with Crippen LogP contribution in [0, 0.1) is 0 Å². The van der Waals surface area contributed by atoms with E-state index in [2.05, 4.69) is 5.32 Å². The van der Waals surface area contributed by atoms with Crippen LogP contribution in [-0.4, -0.2) is 19.1 Å². The van der Waals surface area contributed by atoms with Gasteiger partial charge in [0.2, 0.25) is 0 Å². The Kier molecular flexibility index (Phi) is 8.67. The summed E-state index contributed by atoms with van der Waals surface area (Å²) < 4.78 is 18.5. The van der Waals surface area contributed by atoms with E-state index in [1.54, 1.807) is 24.3 Å². The van der Waals surface area contributed by atoms with Gasteiger partial charge < -0.3 is 15.8 Å². The van der Waals surface area contributed by atoms with Crippen LogP contribution in [0.4, 0.5) is 4.39 Å². The molecular weight excluding hydrogens is 343 g/mol. The summed E-state index contributed by atoms with van der Waals surface area (Å²) in [6.07, 6.45) is 1.26. The topological polar surface area (TPSA) is 64.3 Å². The van der Waals surface area contributed by atoms with Gasteiger partial charge in [0.25, 0.3) is 5.91 Å². The molecule has 0 aliphatic heterocycles. The smallest absolute Gasteiger partial charge is 0.251 e. The molecule has 0 aliphatic carbocycles. The Morgan fingerprint density at radius 3 is 2.44 bits per heavy atom. The predicted octanol–water partition coefficient (Wildman–Crippen LogP) is 3.79. The van der Waals surface area contributed by atoms with E-state index in [9.17, 15) is 9.18 Å². The van der Waals surface area contributed by atoms with Gasteiger partial charge in [0.1, 0.15) is 18.2 Å². The summed E-state index contributed by atoms with van der Waals surface area (Å²) >= 11 is 0. The van der Waals surface area contributed by atoms with Gasteiger partial charge in [0.15, 0.2) is 0 Å². The maximum Gasteiger partial charge on any atom is 0.251 e. The van der Waals surface area contributed by atoms with E-state index in [0.717, 1.165) is 5.56 Å². The maximum absolute atomic E-state index is 13.2. The van der Waals surface area contributed by atoms with Crippen molar-refractivity contribution >= 4 is 18.3 Å². The van der Waals surface area contributed by atoms with E-state index in [0.29, 0.717) is 11.3 Å². The highest BCUT2D eigenvalue weighted by molar-refractivity contribution is 5.94. The van der Waals surface area contributed by atoms with Crippen molar-refractivity contribution in [1.29, 1.82) is 0 Å². The summed E-state index contributed by atoms with van der Waals surface area (Å²) in [6, 6.07) is 16.2. The number of nitrogens with two attached hydrogens (primary N) is 1. The molecule has 2 rings (SSSR count). The molecule has 0 spiro atoms. The molecule has 0 aromatic heterocycles. The Hall–Kier alpha value is -2.37. The fraction of sp³-hybridized carbons (Fsp3) is 0.211. The first kappa shape index (κ1) is 20.7. The van der Waals surface area contributed by atoms with Gasteiger partial charge in [-0.15, -0.1) is 12.4 Å². The van der Waals surface area contributed by atoms with Crippen LogP contribution in [-0.2, 0) is 0 Å². The molecule has 0 saturated carbocycles. The van der Waals surface area contributed by atoms with Crippen molar-refractivity contribution in [2.75, 3.05) is 13.2 Å². The maximum atomic E-state index is 13.2. The van der Waals surface area contributed by atoms with E-state index in [1.165, 1.54) is 6.08 Å². The Bertz CT molecular complexity index is 690. The van der Waals surface area contributed by atoms with E-state index in [-0.39, 0.29) is 37.5 Å². The van der Waals surface area contributed by atoms with E-state index >= 15 is 0 Å². The standard InChI is InChI=1S/C19H21FN2O2.ClH/c1-14(15-5-3-2-4-6-15)22-19(23)16-7-9-18(10-8-16)24-13-17(20)11-12-21;/h2-11,14H,12-13,21H2,1H3,(H,22,23);1H/b17-11+;. The quantitative estimate of drug-likeness (QED) is 0.785. The number of carbonyl (C=O) groups is 1. The molecule has 0 saturated heterocycles. The van der Waals surface area contributed by atoms with Crippen molar-refractivity contribution in [3.63, 3.8) is 0 Å². The zero-order valence-electron chi connectivity index (χ0n) is 13.9. The first-order valence-corrected chi connectivity index (χ1v) is 7.73. The number of benzene rings is 2. The lowest BCUT2D eigenvalue weighted by molar-refractivity contribution is 0.0940. The monoisotopic (exact) mass is 364 g/mol. The molecule has 0 heterocycles. The molecule has 2 aromatic carbocycles. The van der Waals surface area contributed by atoms with Crippen LogP contribution in [0.2, 0.25) is 0 Å². The summed E-state index contributed by atoms with van der Waals surface area (Å²) in [4.78, 5) is 12.3. The Morgan fingerprint density at radius 1 is 1.20 bits per heavy atom. The molecule has 1 unspecified atom stereocenters. The van der Waals surface area contributed by atoms with Crippen LogP contribution in [0.5, 0.6) is 5.75 Å². The predicted molar refractivity (Wildman–Crippen MR) is 99.8 cm³/mol. The number of nitrogens with one attached hydrogen (secondary N) is 1. The average molecular weight is 365 g/mol. The number of hydrogen-bond donors (Lipinski definition) is 2. The Labute approximate surface area is 153 Å². The third-order valence-electron chi connectivity index (χ3n) is 3.48. The molecule has 0 radical (unpaired) electrons. The lowest BCUT2D eigenvalue weighted by Gasteiger charge is -2.14. The zero-order chi connectivity index (χ0) is 17.4. The second-order valence-corrected chi connectivity index (χ2v) is 5.31. The molecule has 0 bridgehead atoms. The molecule has 6 heteroatoms. The molecule has 1 amide bonds. The van der Waals surface area contributed by atoms with Gasteiger partial charge in [-0.2, -0.15) is 0 Å². The Morgan fingerprint density at radius 2 is 1.84 bits per heavy atom. The second-order valence-electron chi connectivity index (χ2n) is 5.31. The van der Waals surface area contributed by atoms with Crippen LogP contribution in [0.25, 0.3) is 0 Å². The third kappa shape index (κ3) is 6.57. The molecule has 134 valence electrons. The van der Waals surface area contributed by atoms with Gasteiger partial charge in [-0.25, -0.2) is 4.39 Å². The average Bonchev–Trinajstić information content (AvgIpc) is 2.61. The van der Waals surface area contributed by atoms with E-state index in [1.807, 2.05) is 37.3 Å². The summed E-state index contributed by atoms with van der Waals surface area (Å²) in [7, 11) is 0. The van der Waals surface area contributed by atoms with Gasteiger partial charge in [0.05, 0.1) is 6.04 Å². The fourth-order valence-electron chi connectivity index (χ4n) is 2.15. The Balaban J connectivity index is 0.00000312. The van der Waals surface area contributed by atoms with Crippen LogP contribution in [0.1, 0.15) is 28.9 Å². The summed E-state index contributed by atoms with van der Waals surface area (Å²) in [6.45, 7) is 1.89. The summed E-state index contributed by atoms with van der Waals surface area (Å²) in [5.74, 6) is -0.105. The minimum atomic E-state index is -0.420. The van der Waals surface area contributed by atoms with Gasteiger partial charge in [-0.05, 0) is 42.8 Å². The van der Waals surface area contributed by atoms with E-state index < -0.39 is 5.83 Å². The number of halogens is 2. The van der Waals surface area contributed by atoms with Gasteiger partial charge in [-0.3, -0.25) is 4.79 Å². The van der Waals surface area contributed by atoms with Crippen LogP contribution >= 0.6 is 12.4 Å². The number of ether oxygens (including phenoxy) is 1. The van der Waals surface area contributed by atoms with Crippen LogP contribution in [0.3, 0.4) is 0 Å². The molecular formula is C19H22ClFN2O2. The number of amides is 1. The zero-order valence-corrected chi connectivity index (χ0v) is 14.8. The highest BCUT2D eigenvalue weighted by atomic mass is 35.5. The number of rotatable bonds is 7. The first-order valence-electron chi connectivity index (χ1n) is 7.73. The highest BCUT2D eigenvalue weighted by Crippen LogP contribution is 2.16. The van der Waals surface area contributed by atoms with Gasteiger partial charge in [-0.1, -0.05) is 30.3 Å². The summed E-state index contributed by atoms with van der Waals surface area (Å²) in [5, 5.41) is 2.94. The summed E-state index contributed by atoms with van der Waals surface area (Å²) in [5.41, 5.74) is 6.77. The normalized spacial score (nSPS) is 12.0. The van der Waals surface area contributed by atoms with E-state index in [4.69, 9.17) is 10.5 Å². The molecule has 0 aliphatic rings. The van der Waals surface area contributed by atoms with Crippen molar-refractivity contribution in [2.45, 2.75) is 13.0 Å². The second kappa shape index (κ2) is 10.5. The van der Waals surface area contributed by atoms with Gasteiger partial charge >= 0.3 is 0 Å². The number of carbonyl (C=O) groups excluding carboxylic acids is 1. The largest absolute Gasteiger partial charge is 0.487 e. The number of hydrogen-bond acceptors (Lipinski definition) is 3. The van der Waals surface area contributed by atoms with Crippen molar-refractivity contribution in [1.82, 2.24) is 5.32 Å². The molecule has 0 fully saturated rings. The molecule has 4 nitrogen and oxygen atoms in total. The molecule has 3 N–H and O–H groups in total. The minimum absolute atomic E-state index is 0. The molecule has 1 atom stereocenters. The molecule has 25 heavy (non-hydrogen) atoms. The van der Waals surface area contributed by atoms with Crippen molar-refractivity contribution in [3.05, 3.63) is 77.6 Å². The van der Waals surface area contributed by atoms with Gasteiger partial charge in [0, 0.05) is 12.1 Å². The third-order valence-corrected chi connectivity index (χ3v) is 3.48. The fourth-order valence-corrected chi connectivity index (χ4v) is 2.15. The molecule has 2 aromatic rings. The van der Waals surface area contributed by atoms with Crippen LogP contribution in [0.15, 0.2) is 66.5 Å². The van der Waals surface area contributed by atoms with Crippen molar-refractivity contribution in [3.8, 4) is 5.75 Å². The SMILES string of the molecule is CC(NC(=O)c1ccc(OC/C(F)=C\CN)cc1)c1ccccc1.Cl. The van der Waals surface area contributed by atoms with Crippen LogP contribution < -0.4 is 15.8 Å².